The Labute approximate surface area is 195 Å². The normalized spacial score (nSPS) is 10.3. The molecule has 0 aliphatic heterocycles. The molecule has 0 saturated heterocycles. The third-order valence-electron chi connectivity index (χ3n) is 5.36. The maximum atomic E-state index is 5.20. The van der Waals surface area contributed by atoms with Gasteiger partial charge in [0.05, 0.1) is 0 Å². The fourth-order valence-corrected chi connectivity index (χ4v) is 3.86. The molecule has 4 rings (SSSR count). The van der Waals surface area contributed by atoms with Crippen molar-refractivity contribution in [2.24, 2.45) is 0 Å². The van der Waals surface area contributed by atoms with Gasteiger partial charge >= 0.3 is 0 Å². The highest BCUT2D eigenvalue weighted by Crippen LogP contribution is 2.36. The van der Waals surface area contributed by atoms with Gasteiger partial charge in [0, 0.05) is 13.6 Å². The first-order valence-electron chi connectivity index (χ1n) is 10.7. The Morgan fingerprint density at radius 2 is 0.938 bits per heavy atom. The number of benzene rings is 4. The number of nitrogens with one attached hydrogen (secondary N) is 2. The minimum atomic E-state index is 0.648. The lowest BCUT2D eigenvalue weighted by Gasteiger charge is -2.18. The number of hydrogen-bond acceptors (Lipinski definition) is 1. The van der Waals surface area contributed by atoms with Crippen LogP contribution in [-0.2, 0) is 6.54 Å². The highest BCUT2D eigenvalue weighted by Gasteiger charge is 2.15. The van der Waals surface area contributed by atoms with E-state index in [2.05, 4.69) is 126 Å². The molecular weight excluding hydrogens is 408 g/mol. The Hall–Kier alpha value is -3.69. The second-order valence-corrected chi connectivity index (χ2v) is 7.89. The zero-order chi connectivity index (χ0) is 22.2. The van der Waals surface area contributed by atoms with E-state index in [1.807, 2.05) is 7.05 Å². The molecule has 0 amide bonds. The van der Waals surface area contributed by atoms with E-state index in [-0.39, 0.29) is 0 Å². The first kappa shape index (κ1) is 21.5. The minimum absolute atomic E-state index is 0.648. The fourth-order valence-electron chi connectivity index (χ4n) is 3.79. The van der Waals surface area contributed by atoms with Gasteiger partial charge in [-0.1, -0.05) is 115 Å². The van der Waals surface area contributed by atoms with E-state index < -0.39 is 0 Å². The lowest BCUT2D eigenvalue weighted by Crippen LogP contribution is -2.31. The second kappa shape index (κ2) is 10.6. The smallest absolute Gasteiger partial charge is 0.166 e. The Kier molecular flexibility index (Phi) is 7.11. The number of hydrogen-bond donors (Lipinski definition) is 2. The van der Waals surface area contributed by atoms with Crippen LogP contribution in [0.5, 0.6) is 0 Å². The molecule has 2 N–H and O–H groups in total. The van der Waals surface area contributed by atoms with E-state index in [0.717, 1.165) is 0 Å². The van der Waals surface area contributed by atoms with E-state index in [1.165, 1.54) is 39.0 Å². The molecule has 0 fully saturated rings. The van der Waals surface area contributed by atoms with Crippen LogP contribution in [0.1, 0.15) is 27.8 Å². The summed E-state index contributed by atoms with van der Waals surface area (Å²) < 4.78 is 0. The molecule has 4 aromatic rings. The van der Waals surface area contributed by atoms with Crippen LogP contribution < -0.4 is 10.6 Å². The first-order valence-corrected chi connectivity index (χ1v) is 11.1. The molecule has 0 radical (unpaired) electrons. The third kappa shape index (κ3) is 5.13. The molecule has 0 aliphatic carbocycles. The average molecular weight is 435 g/mol. The van der Waals surface area contributed by atoms with Crippen LogP contribution in [-0.4, -0.2) is 12.2 Å². The summed E-state index contributed by atoms with van der Waals surface area (Å²) in [6.07, 6.45) is 0. The highest BCUT2D eigenvalue weighted by atomic mass is 32.1. The summed E-state index contributed by atoms with van der Waals surface area (Å²) in [6, 6.07) is 40.6. The molecule has 0 bridgehead atoms. The van der Waals surface area contributed by atoms with Gasteiger partial charge in [0.1, 0.15) is 0 Å². The highest BCUT2D eigenvalue weighted by molar-refractivity contribution is 7.80. The van der Waals surface area contributed by atoms with Crippen molar-refractivity contribution in [2.75, 3.05) is 7.05 Å². The Balaban J connectivity index is 1.88. The summed E-state index contributed by atoms with van der Waals surface area (Å²) in [5.74, 6) is 0. The summed E-state index contributed by atoms with van der Waals surface area (Å²) in [6.45, 7) is 0.689. The maximum absolute atomic E-state index is 5.20. The molecule has 0 aliphatic rings. The molecule has 2 nitrogen and oxygen atoms in total. The van der Waals surface area contributed by atoms with E-state index in [9.17, 15) is 0 Å². The standard InChI is InChI=1S/C29H26N2S/c1-30-29(32)31-21-22-17-19-26(20-18-22)28(25-15-9-4-10-16-25)27(23-11-5-2-6-12-23)24-13-7-3-8-14-24/h2-20H,21H2,1H3,(H2,30,31,32). The molecule has 32 heavy (non-hydrogen) atoms. The molecule has 4 aromatic carbocycles. The van der Waals surface area contributed by atoms with Crippen LogP contribution in [0, 0.1) is 0 Å². The average Bonchev–Trinajstić information content (AvgIpc) is 2.87. The van der Waals surface area contributed by atoms with E-state index in [0.29, 0.717) is 11.7 Å². The van der Waals surface area contributed by atoms with Gasteiger partial charge in [0.2, 0.25) is 0 Å². The molecule has 0 saturated carbocycles. The zero-order valence-electron chi connectivity index (χ0n) is 18.1. The minimum Gasteiger partial charge on any atom is -0.366 e. The van der Waals surface area contributed by atoms with Gasteiger partial charge < -0.3 is 10.6 Å². The van der Waals surface area contributed by atoms with Crippen LogP contribution in [0.15, 0.2) is 115 Å². The molecule has 0 aromatic heterocycles. The molecule has 0 heterocycles. The second-order valence-electron chi connectivity index (χ2n) is 7.48. The van der Waals surface area contributed by atoms with E-state index in [1.54, 1.807) is 0 Å². The van der Waals surface area contributed by atoms with Crippen LogP contribution in [0.2, 0.25) is 0 Å². The Morgan fingerprint density at radius 1 is 0.562 bits per heavy atom. The summed E-state index contributed by atoms with van der Waals surface area (Å²) in [5.41, 5.74) is 8.38. The molecular formula is C29H26N2S. The van der Waals surface area contributed by atoms with Crippen molar-refractivity contribution in [3.8, 4) is 0 Å². The van der Waals surface area contributed by atoms with Gasteiger partial charge in [0.25, 0.3) is 0 Å². The maximum Gasteiger partial charge on any atom is 0.166 e. The first-order chi connectivity index (χ1) is 15.8. The van der Waals surface area contributed by atoms with Gasteiger partial charge in [-0.05, 0) is 51.2 Å². The lowest BCUT2D eigenvalue weighted by molar-refractivity contribution is 0.890. The molecule has 0 atom stereocenters. The molecule has 0 unspecified atom stereocenters. The fraction of sp³-hybridized carbons (Fsp3) is 0.0690. The largest absolute Gasteiger partial charge is 0.366 e. The zero-order valence-corrected chi connectivity index (χ0v) is 18.9. The number of rotatable bonds is 6. The predicted molar refractivity (Wildman–Crippen MR) is 139 cm³/mol. The lowest BCUT2D eigenvalue weighted by atomic mass is 9.85. The molecule has 0 spiro atoms. The van der Waals surface area contributed by atoms with Gasteiger partial charge in [-0.2, -0.15) is 0 Å². The van der Waals surface area contributed by atoms with Crippen molar-refractivity contribution in [2.45, 2.75) is 6.54 Å². The van der Waals surface area contributed by atoms with Crippen molar-refractivity contribution in [3.05, 3.63) is 143 Å². The Bertz CT molecular complexity index is 1140. The van der Waals surface area contributed by atoms with Gasteiger partial charge in [0.15, 0.2) is 5.11 Å². The van der Waals surface area contributed by atoms with Crippen LogP contribution in [0.3, 0.4) is 0 Å². The number of thiocarbonyl (C=S) groups is 1. The van der Waals surface area contributed by atoms with E-state index in [4.69, 9.17) is 12.2 Å². The van der Waals surface area contributed by atoms with Crippen LogP contribution >= 0.6 is 12.2 Å². The van der Waals surface area contributed by atoms with Crippen molar-refractivity contribution in [3.63, 3.8) is 0 Å². The van der Waals surface area contributed by atoms with Crippen molar-refractivity contribution < 1.29 is 0 Å². The predicted octanol–water partition coefficient (Wildman–Crippen LogP) is 6.29. The van der Waals surface area contributed by atoms with E-state index >= 15 is 0 Å². The third-order valence-corrected chi connectivity index (χ3v) is 5.71. The monoisotopic (exact) mass is 434 g/mol. The summed E-state index contributed by atoms with van der Waals surface area (Å²) in [5, 5.41) is 6.81. The summed E-state index contributed by atoms with van der Waals surface area (Å²) in [7, 11) is 1.82. The summed E-state index contributed by atoms with van der Waals surface area (Å²) in [4.78, 5) is 0. The van der Waals surface area contributed by atoms with Gasteiger partial charge in [-0.15, -0.1) is 0 Å². The molecule has 3 heteroatoms. The van der Waals surface area contributed by atoms with Gasteiger partial charge in [-0.25, -0.2) is 0 Å². The quantitative estimate of drug-likeness (QED) is 0.276. The van der Waals surface area contributed by atoms with Crippen molar-refractivity contribution in [1.82, 2.24) is 10.6 Å². The SMILES string of the molecule is CNC(=S)NCc1ccc(C(=C(c2ccccc2)c2ccccc2)c2ccccc2)cc1. The van der Waals surface area contributed by atoms with Crippen molar-refractivity contribution >= 4 is 28.5 Å². The van der Waals surface area contributed by atoms with Crippen LogP contribution in [0.4, 0.5) is 0 Å². The molecule has 158 valence electrons. The Morgan fingerprint density at radius 3 is 1.31 bits per heavy atom. The van der Waals surface area contributed by atoms with Crippen molar-refractivity contribution in [1.29, 1.82) is 0 Å². The summed E-state index contributed by atoms with van der Waals surface area (Å²) >= 11 is 5.20. The van der Waals surface area contributed by atoms with Crippen LogP contribution in [0.25, 0.3) is 11.1 Å². The van der Waals surface area contributed by atoms with Gasteiger partial charge in [-0.3, -0.25) is 0 Å². The topological polar surface area (TPSA) is 24.1 Å².